The number of hydrogen-bond donors (Lipinski definition) is 1. The number of hydrogen-bond acceptors (Lipinski definition) is 6. The zero-order chi connectivity index (χ0) is 22.0. The Labute approximate surface area is 179 Å². The van der Waals surface area contributed by atoms with Crippen molar-refractivity contribution in [1.82, 2.24) is 9.62 Å². The Morgan fingerprint density at radius 1 is 1.16 bits per heavy atom. The van der Waals surface area contributed by atoms with Crippen molar-refractivity contribution in [2.75, 3.05) is 26.0 Å². The van der Waals surface area contributed by atoms with Crippen LogP contribution in [0.4, 0.5) is 0 Å². The molecule has 1 aliphatic rings. The number of nitrogens with zero attached hydrogens (tertiary/aromatic N) is 1. The van der Waals surface area contributed by atoms with Crippen LogP contribution in [0.15, 0.2) is 57.7 Å². The van der Waals surface area contributed by atoms with Crippen LogP contribution in [0.25, 0.3) is 11.0 Å². The predicted molar refractivity (Wildman–Crippen MR) is 116 cm³/mol. The second kappa shape index (κ2) is 8.52. The quantitative estimate of drug-likeness (QED) is 0.625. The highest BCUT2D eigenvalue weighted by molar-refractivity contribution is 7.89. The van der Waals surface area contributed by atoms with Crippen molar-refractivity contribution < 1.29 is 22.4 Å². The molecule has 0 spiro atoms. The molecule has 0 unspecified atom stereocenters. The van der Waals surface area contributed by atoms with Crippen LogP contribution < -0.4 is 15.5 Å². The lowest BCUT2D eigenvalue weighted by molar-refractivity contribution is 0.0929. The van der Waals surface area contributed by atoms with E-state index in [4.69, 9.17) is 9.15 Å². The SMILES string of the molecule is COc1ccc2c(c1)CCN(S(=O)(=O)CCNC(=O)c1cc(=O)c3ccccc3o1)C2. The lowest BCUT2D eigenvalue weighted by atomic mass is 10.0. The first-order chi connectivity index (χ1) is 14.9. The van der Waals surface area contributed by atoms with Gasteiger partial charge in [0.2, 0.25) is 10.0 Å². The number of carbonyl (C=O) groups excluding carboxylic acids is 1. The molecule has 0 bridgehead atoms. The van der Waals surface area contributed by atoms with Gasteiger partial charge in [0, 0.05) is 25.7 Å². The molecular weight excluding hydrogens is 420 g/mol. The minimum absolute atomic E-state index is 0.0936. The van der Waals surface area contributed by atoms with Crippen molar-refractivity contribution >= 4 is 26.9 Å². The molecule has 1 N–H and O–H groups in total. The van der Waals surface area contributed by atoms with E-state index >= 15 is 0 Å². The number of para-hydroxylation sites is 1. The van der Waals surface area contributed by atoms with Crippen LogP contribution in [-0.4, -0.2) is 44.6 Å². The topological polar surface area (TPSA) is 106 Å². The Hall–Kier alpha value is -3.17. The van der Waals surface area contributed by atoms with Crippen molar-refractivity contribution in [2.45, 2.75) is 13.0 Å². The molecule has 0 fully saturated rings. The number of benzene rings is 2. The molecule has 2 heterocycles. The Bertz CT molecular complexity index is 1300. The van der Waals surface area contributed by atoms with Crippen molar-refractivity contribution in [3.05, 3.63) is 75.6 Å². The third-order valence-corrected chi connectivity index (χ3v) is 7.11. The number of amides is 1. The predicted octanol–water partition coefficient (Wildman–Crippen LogP) is 1.92. The van der Waals surface area contributed by atoms with E-state index in [2.05, 4.69) is 5.32 Å². The van der Waals surface area contributed by atoms with Gasteiger partial charge in [-0.1, -0.05) is 18.2 Å². The molecule has 1 amide bonds. The molecule has 0 saturated heterocycles. The Kier molecular flexibility index (Phi) is 5.79. The standard InChI is InChI=1S/C22H22N2O6S/c1-29-17-7-6-16-14-24(10-8-15(16)12-17)31(27,28)11-9-23-22(26)21-13-19(25)18-4-2-3-5-20(18)30-21/h2-7,12-13H,8-11,14H2,1H3,(H,23,26). The molecule has 0 atom stereocenters. The average Bonchev–Trinajstić information content (AvgIpc) is 2.78. The van der Waals surface area contributed by atoms with E-state index in [1.165, 1.54) is 4.31 Å². The number of rotatable bonds is 6. The largest absolute Gasteiger partial charge is 0.497 e. The van der Waals surface area contributed by atoms with Gasteiger partial charge < -0.3 is 14.5 Å². The van der Waals surface area contributed by atoms with E-state index in [-0.39, 0.29) is 30.0 Å². The molecular formula is C22H22N2O6S. The molecule has 0 aliphatic carbocycles. The van der Waals surface area contributed by atoms with Crippen LogP contribution in [0, 0.1) is 0 Å². The summed E-state index contributed by atoms with van der Waals surface area (Å²) in [5.41, 5.74) is 1.99. The fraction of sp³-hybridized carbons (Fsp3) is 0.273. The van der Waals surface area contributed by atoms with Gasteiger partial charge in [0.15, 0.2) is 11.2 Å². The highest BCUT2D eigenvalue weighted by Crippen LogP contribution is 2.25. The summed E-state index contributed by atoms with van der Waals surface area (Å²) in [6.07, 6.45) is 0.598. The van der Waals surface area contributed by atoms with Crippen LogP contribution in [0.3, 0.4) is 0 Å². The highest BCUT2D eigenvalue weighted by Gasteiger charge is 2.27. The first-order valence-electron chi connectivity index (χ1n) is 9.82. The maximum absolute atomic E-state index is 12.7. The number of nitrogens with one attached hydrogen (secondary N) is 1. The molecule has 4 rings (SSSR count). The molecule has 31 heavy (non-hydrogen) atoms. The first kappa shape index (κ1) is 21.1. The van der Waals surface area contributed by atoms with Gasteiger partial charge in [-0.15, -0.1) is 0 Å². The van der Waals surface area contributed by atoms with E-state index in [1.54, 1.807) is 31.4 Å². The van der Waals surface area contributed by atoms with Gasteiger partial charge in [-0.3, -0.25) is 9.59 Å². The molecule has 9 heteroatoms. The minimum atomic E-state index is -3.57. The first-order valence-corrected chi connectivity index (χ1v) is 11.4. The zero-order valence-corrected chi connectivity index (χ0v) is 17.8. The number of methoxy groups -OCH3 is 1. The van der Waals surface area contributed by atoms with E-state index in [1.807, 2.05) is 18.2 Å². The number of fused-ring (bicyclic) bond motifs is 2. The minimum Gasteiger partial charge on any atom is -0.497 e. The summed E-state index contributed by atoms with van der Waals surface area (Å²) in [6.45, 7) is 0.564. The summed E-state index contributed by atoms with van der Waals surface area (Å²) in [5.74, 6) is -0.281. The summed E-state index contributed by atoms with van der Waals surface area (Å²) < 4.78 is 37.6. The van der Waals surface area contributed by atoms with Gasteiger partial charge in [-0.2, -0.15) is 4.31 Å². The van der Waals surface area contributed by atoms with Gasteiger partial charge in [0.25, 0.3) is 5.91 Å². The number of ether oxygens (including phenoxy) is 1. The van der Waals surface area contributed by atoms with Crippen LogP contribution >= 0.6 is 0 Å². The summed E-state index contributed by atoms with van der Waals surface area (Å²) in [5, 5.41) is 2.91. The third-order valence-electron chi connectivity index (χ3n) is 5.29. The number of carbonyl (C=O) groups is 1. The van der Waals surface area contributed by atoms with Crippen molar-refractivity contribution in [2.24, 2.45) is 0 Å². The van der Waals surface area contributed by atoms with Gasteiger partial charge in [-0.05, 0) is 41.8 Å². The van der Waals surface area contributed by atoms with Crippen molar-refractivity contribution in [1.29, 1.82) is 0 Å². The third kappa shape index (κ3) is 4.47. The Balaban J connectivity index is 1.39. The molecule has 0 saturated carbocycles. The summed E-state index contributed by atoms with van der Waals surface area (Å²) in [7, 11) is -1.97. The van der Waals surface area contributed by atoms with Gasteiger partial charge in [0.1, 0.15) is 11.3 Å². The van der Waals surface area contributed by atoms with E-state index < -0.39 is 15.9 Å². The van der Waals surface area contributed by atoms with Crippen LogP contribution in [0.5, 0.6) is 5.75 Å². The van der Waals surface area contributed by atoms with Gasteiger partial charge >= 0.3 is 0 Å². The average molecular weight is 442 g/mol. The molecule has 1 aromatic heterocycles. The number of sulfonamides is 1. The monoisotopic (exact) mass is 442 g/mol. The van der Waals surface area contributed by atoms with Crippen LogP contribution in [-0.2, 0) is 23.0 Å². The second-order valence-electron chi connectivity index (χ2n) is 7.26. The molecule has 162 valence electrons. The fourth-order valence-electron chi connectivity index (χ4n) is 3.59. The van der Waals surface area contributed by atoms with Crippen molar-refractivity contribution in [3.8, 4) is 5.75 Å². The maximum atomic E-state index is 12.7. The van der Waals surface area contributed by atoms with E-state index in [0.29, 0.717) is 23.9 Å². The summed E-state index contributed by atoms with van der Waals surface area (Å²) >= 11 is 0. The van der Waals surface area contributed by atoms with Crippen molar-refractivity contribution in [3.63, 3.8) is 0 Å². The molecule has 3 aromatic rings. The smallest absolute Gasteiger partial charge is 0.287 e. The summed E-state index contributed by atoms with van der Waals surface area (Å²) in [4.78, 5) is 24.5. The van der Waals surface area contributed by atoms with E-state index in [9.17, 15) is 18.0 Å². The molecule has 1 aliphatic heterocycles. The maximum Gasteiger partial charge on any atom is 0.287 e. The van der Waals surface area contributed by atoms with Gasteiger partial charge in [0.05, 0.1) is 18.2 Å². The fourth-order valence-corrected chi connectivity index (χ4v) is 4.92. The van der Waals surface area contributed by atoms with Gasteiger partial charge in [-0.25, -0.2) is 8.42 Å². The molecule has 2 aromatic carbocycles. The van der Waals surface area contributed by atoms with Crippen LogP contribution in [0.2, 0.25) is 0 Å². The molecule has 0 radical (unpaired) electrons. The highest BCUT2D eigenvalue weighted by atomic mass is 32.2. The zero-order valence-electron chi connectivity index (χ0n) is 17.0. The van der Waals surface area contributed by atoms with Crippen LogP contribution in [0.1, 0.15) is 21.7 Å². The lowest BCUT2D eigenvalue weighted by Crippen LogP contribution is -2.40. The normalized spacial score (nSPS) is 14.2. The second-order valence-corrected chi connectivity index (χ2v) is 9.35. The molecule has 8 nitrogen and oxygen atoms in total. The van der Waals surface area contributed by atoms with E-state index in [0.717, 1.165) is 22.9 Å². The summed E-state index contributed by atoms with van der Waals surface area (Å²) in [6, 6.07) is 13.3. The lowest BCUT2D eigenvalue weighted by Gasteiger charge is -2.28. The Morgan fingerprint density at radius 2 is 1.97 bits per heavy atom. The Morgan fingerprint density at radius 3 is 2.77 bits per heavy atom.